The molecule has 0 atom stereocenters. The van der Waals surface area contributed by atoms with Crippen LogP contribution in [0.5, 0.6) is 11.6 Å². The number of sulfonamides is 1. The highest BCUT2D eigenvalue weighted by atomic mass is 32.2. The first kappa shape index (κ1) is 18.6. The third kappa shape index (κ3) is 4.73. The molecule has 3 aromatic rings. The Morgan fingerprint density at radius 2 is 1.70 bits per heavy atom. The van der Waals surface area contributed by atoms with Gasteiger partial charge in [0.1, 0.15) is 5.75 Å². The molecule has 140 valence electrons. The number of benzene rings is 1. The lowest BCUT2D eigenvalue weighted by atomic mass is 10.2. The molecule has 6 nitrogen and oxygen atoms in total. The molecule has 0 saturated heterocycles. The summed E-state index contributed by atoms with van der Waals surface area (Å²) in [5.41, 5.74) is -0.798. The van der Waals surface area contributed by atoms with Gasteiger partial charge in [0.15, 0.2) is 0 Å². The Bertz CT molecular complexity index is 1010. The van der Waals surface area contributed by atoms with E-state index in [4.69, 9.17) is 4.74 Å². The molecule has 1 N–H and O–H groups in total. The molecule has 0 aliphatic carbocycles. The summed E-state index contributed by atoms with van der Waals surface area (Å²) in [5.74, 6) is 0.684. The van der Waals surface area contributed by atoms with Crippen molar-refractivity contribution in [2.75, 3.05) is 4.72 Å². The molecule has 2 heterocycles. The number of aromatic nitrogens is 2. The van der Waals surface area contributed by atoms with Gasteiger partial charge in [0.2, 0.25) is 5.88 Å². The molecule has 3 rings (SSSR count). The van der Waals surface area contributed by atoms with Gasteiger partial charge in [0, 0.05) is 12.3 Å². The smallest absolute Gasteiger partial charge is 0.416 e. The lowest BCUT2D eigenvalue weighted by molar-refractivity contribution is -0.137. The summed E-state index contributed by atoms with van der Waals surface area (Å²) in [4.78, 5) is 7.56. The molecule has 0 unspecified atom stereocenters. The third-order valence-electron chi connectivity index (χ3n) is 3.34. The molecular weight excluding hydrogens is 383 g/mol. The SMILES string of the molecule is O=S(=O)(Nc1ccc(Oc2cccnc2)nc1)c1ccc(C(F)(F)F)cc1. The zero-order valence-electron chi connectivity index (χ0n) is 13.5. The second kappa shape index (κ2) is 7.23. The Labute approximate surface area is 152 Å². The van der Waals surface area contributed by atoms with Crippen LogP contribution in [0, 0.1) is 0 Å². The number of alkyl halides is 3. The van der Waals surface area contributed by atoms with Crippen LogP contribution in [0.4, 0.5) is 18.9 Å². The third-order valence-corrected chi connectivity index (χ3v) is 4.73. The molecule has 0 bridgehead atoms. The molecule has 2 aromatic heterocycles. The number of hydrogen-bond acceptors (Lipinski definition) is 5. The van der Waals surface area contributed by atoms with Crippen molar-refractivity contribution < 1.29 is 26.3 Å². The molecule has 27 heavy (non-hydrogen) atoms. The first-order chi connectivity index (χ1) is 12.7. The van der Waals surface area contributed by atoms with Crippen molar-refractivity contribution in [3.8, 4) is 11.6 Å². The topological polar surface area (TPSA) is 81.2 Å². The second-order valence-corrected chi connectivity index (χ2v) is 6.99. The summed E-state index contributed by atoms with van der Waals surface area (Å²) in [7, 11) is -4.06. The molecule has 0 spiro atoms. The van der Waals surface area contributed by atoms with Crippen LogP contribution in [0.1, 0.15) is 5.56 Å². The van der Waals surface area contributed by atoms with E-state index in [-0.39, 0.29) is 16.5 Å². The fraction of sp³-hybridized carbons (Fsp3) is 0.0588. The van der Waals surface area contributed by atoms with Gasteiger partial charge in [-0.3, -0.25) is 9.71 Å². The van der Waals surface area contributed by atoms with Crippen molar-refractivity contribution in [2.24, 2.45) is 0 Å². The van der Waals surface area contributed by atoms with E-state index >= 15 is 0 Å². The molecular formula is C17H12F3N3O3S. The Balaban J connectivity index is 1.72. The van der Waals surface area contributed by atoms with Gasteiger partial charge in [-0.2, -0.15) is 13.2 Å². The minimum atomic E-state index is -4.54. The predicted molar refractivity (Wildman–Crippen MR) is 90.8 cm³/mol. The van der Waals surface area contributed by atoms with Crippen molar-refractivity contribution in [3.05, 3.63) is 72.7 Å². The van der Waals surface area contributed by atoms with Gasteiger partial charge in [-0.15, -0.1) is 0 Å². The Morgan fingerprint density at radius 3 is 2.26 bits per heavy atom. The zero-order valence-corrected chi connectivity index (χ0v) is 14.3. The fourth-order valence-electron chi connectivity index (χ4n) is 2.07. The molecule has 0 saturated carbocycles. The van der Waals surface area contributed by atoms with Crippen LogP contribution < -0.4 is 9.46 Å². The van der Waals surface area contributed by atoms with Gasteiger partial charge < -0.3 is 4.74 Å². The second-order valence-electron chi connectivity index (χ2n) is 5.30. The van der Waals surface area contributed by atoms with E-state index < -0.39 is 21.8 Å². The molecule has 0 radical (unpaired) electrons. The van der Waals surface area contributed by atoms with Gasteiger partial charge in [0.25, 0.3) is 10.0 Å². The van der Waals surface area contributed by atoms with Gasteiger partial charge >= 0.3 is 6.18 Å². The number of pyridine rings is 2. The van der Waals surface area contributed by atoms with Crippen LogP contribution >= 0.6 is 0 Å². The highest BCUT2D eigenvalue weighted by molar-refractivity contribution is 7.92. The van der Waals surface area contributed by atoms with E-state index in [0.717, 1.165) is 12.1 Å². The average molecular weight is 395 g/mol. The van der Waals surface area contributed by atoms with E-state index in [1.54, 1.807) is 18.3 Å². The number of ether oxygens (including phenoxy) is 1. The summed E-state index contributed by atoms with van der Waals surface area (Å²) in [6, 6.07) is 9.40. The number of anilines is 1. The molecule has 0 amide bonds. The normalized spacial score (nSPS) is 11.8. The minimum absolute atomic E-state index is 0.133. The minimum Gasteiger partial charge on any atom is -0.437 e. The number of hydrogen-bond donors (Lipinski definition) is 1. The Kier molecular flexibility index (Phi) is 5.00. The van der Waals surface area contributed by atoms with E-state index in [0.29, 0.717) is 17.9 Å². The predicted octanol–water partition coefficient (Wildman–Crippen LogP) is 4.09. The van der Waals surface area contributed by atoms with Crippen LogP contribution in [0.25, 0.3) is 0 Å². The van der Waals surface area contributed by atoms with E-state index in [1.807, 2.05) is 0 Å². The van der Waals surface area contributed by atoms with Crippen LogP contribution in [-0.2, 0) is 16.2 Å². The molecule has 0 aliphatic heterocycles. The van der Waals surface area contributed by atoms with Gasteiger partial charge in [-0.25, -0.2) is 13.4 Å². The average Bonchev–Trinajstić information content (AvgIpc) is 2.63. The van der Waals surface area contributed by atoms with Crippen LogP contribution in [-0.4, -0.2) is 18.4 Å². The number of halogens is 3. The largest absolute Gasteiger partial charge is 0.437 e. The van der Waals surface area contributed by atoms with Gasteiger partial charge in [-0.05, 0) is 42.5 Å². The highest BCUT2D eigenvalue weighted by Gasteiger charge is 2.30. The Hall–Kier alpha value is -3.14. The van der Waals surface area contributed by atoms with Crippen molar-refractivity contribution in [1.29, 1.82) is 0 Å². The van der Waals surface area contributed by atoms with Crippen LogP contribution in [0.2, 0.25) is 0 Å². The Morgan fingerprint density at radius 1 is 0.963 bits per heavy atom. The number of nitrogens with one attached hydrogen (secondary N) is 1. The maximum absolute atomic E-state index is 12.6. The summed E-state index contributed by atoms with van der Waals surface area (Å²) >= 11 is 0. The maximum Gasteiger partial charge on any atom is 0.416 e. The summed E-state index contributed by atoms with van der Waals surface area (Å²) in [5, 5.41) is 0. The summed E-state index contributed by atoms with van der Waals surface area (Å²) < 4.78 is 69.9. The van der Waals surface area contributed by atoms with Gasteiger partial charge in [0.05, 0.1) is 28.5 Å². The zero-order chi connectivity index (χ0) is 19.5. The first-order valence-electron chi connectivity index (χ1n) is 7.48. The van der Waals surface area contributed by atoms with Crippen molar-refractivity contribution in [2.45, 2.75) is 11.1 Å². The van der Waals surface area contributed by atoms with Crippen molar-refractivity contribution in [3.63, 3.8) is 0 Å². The summed E-state index contributed by atoms with van der Waals surface area (Å²) in [6.07, 6.45) is -0.237. The fourth-order valence-corrected chi connectivity index (χ4v) is 3.11. The number of rotatable bonds is 5. The molecule has 1 aromatic carbocycles. The monoisotopic (exact) mass is 395 g/mol. The quantitative estimate of drug-likeness (QED) is 0.704. The lowest BCUT2D eigenvalue weighted by Crippen LogP contribution is -2.14. The van der Waals surface area contributed by atoms with E-state index in [9.17, 15) is 21.6 Å². The highest BCUT2D eigenvalue weighted by Crippen LogP contribution is 2.30. The molecule has 0 aliphatic rings. The summed E-state index contributed by atoms with van der Waals surface area (Å²) in [6.45, 7) is 0. The van der Waals surface area contributed by atoms with Crippen molar-refractivity contribution in [1.82, 2.24) is 9.97 Å². The van der Waals surface area contributed by atoms with Gasteiger partial charge in [-0.1, -0.05) is 0 Å². The van der Waals surface area contributed by atoms with E-state index in [2.05, 4.69) is 14.7 Å². The first-order valence-corrected chi connectivity index (χ1v) is 8.96. The molecule has 10 heteroatoms. The maximum atomic E-state index is 12.6. The van der Waals surface area contributed by atoms with E-state index in [1.165, 1.54) is 24.5 Å². The standard InChI is InChI=1S/C17H12F3N3O3S/c18-17(19,20)12-3-6-15(7-4-12)27(24,25)23-13-5-8-16(22-10-13)26-14-2-1-9-21-11-14/h1-11,23H. The van der Waals surface area contributed by atoms with Crippen molar-refractivity contribution >= 4 is 15.7 Å². The molecule has 0 fully saturated rings. The van der Waals surface area contributed by atoms with Crippen LogP contribution in [0.15, 0.2) is 72.0 Å². The van der Waals surface area contributed by atoms with Crippen LogP contribution in [0.3, 0.4) is 0 Å². The lowest BCUT2D eigenvalue weighted by Gasteiger charge is -2.10. The number of nitrogens with zero attached hydrogens (tertiary/aromatic N) is 2.